The van der Waals surface area contributed by atoms with E-state index in [0.29, 0.717) is 5.02 Å². The van der Waals surface area contributed by atoms with Crippen molar-refractivity contribution in [1.82, 2.24) is 9.38 Å². The van der Waals surface area contributed by atoms with E-state index in [1.807, 2.05) is 84.3 Å². The van der Waals surface area contributed by atoms with E-state index in [9.17, 15) is 4.79 Å². The molecule has 0 saturated carbocycles. The molecular formula is C22H18ClN3O. The van der Waals surface area contributed by atoms with E-state index in [0.717, 1.165) is 33.8 Å². The number of amides is 1. The summed E-state index contributed by atoms with van der Waals surface area (Å²) >= 11 is 6.02. The molecule has 0 saturated heterocycles. The smallest absolute Gasteiger partial charge is 0.230 e. The number of halogens is 1. The molecule has 2 aromatic heterocycles. The number of nitrogens with zero attached hydrogens (tertiary/aromatic N) is 2. The van der Waals surface area contributed by atoms with E-state index >= 15 is 0 Å². The number of benzene rings is 2. The lowest BCUT2D eigenvalue weighted by atomic mass is 10.1. The fourth-order valence-electron chi connectivity index (χ4n) is 3.11. The number of hydrogen-bond donors (Lipinski definition) is 1. The molecule has 134 valence electrons. The van der Waals surface area contributed by atoms with E-state index in [-0.39, 0.29) is 12.3 Å². The summed E-state index contributed by atoms with van der Waals surface area (Å²) in [6.07, 6.45) is 2.15. The summed E-state index contributed by atoms with van der Waals surface area (Å²) in [6.45, 7) is 1.98. The van der Waals surface area contributed by atoms with E-state index in [2.05, 4.69) is 5.32 Å². The van der Waals surface area contributed by atoms with Crippen molar-refractivity contribution in [2.24, 2.45) is 0 Å². The van der Waals surface area contributed by atoms with Gasteiger partial charge in [-0.25, -0.2) is 4.98 Å². The van der Waals surface area contributed by atoms with Gasteiger partial charge in [-0.15, -0.1) is 0 Å². The second kappa shape index (κ2) is 7.25. The summed E-state index contributed by atoms with van der Waals surface area (Å²) in [4.78, 5) is 17.5. The van der Waals surface area contributed by atoms with Crippen LogP contribution in [0.25, 0.3) is 16.9 Å². The van der Waals surface area contributed by atoms with Gasteiger partial charge < -0.3 is 9.72 Å². The molecule has 0 aliphatic heterocycles. The van der Waals surface area contributed by atoms with E-state index < -0.39 is 0 Å². The lowest BCUT2D eigenvalue weighted by Crippen LogP contribution is -2.16. The van der Waals surface area contributed by atoms with E-state index in [1.165, 1.54) is 0 Å². The number of pyridine rings is 1. The zero-order chi connectivity index (χ0) is 18.8. The van der Waals surface area contributed by atoms with Crippen molar-refractivity contribution >= 4 is 28.8 Å². The summed E-state index contributed by atoms with van der Waals surface area (Å²) < 4.78 is 1.96. The van der Waals surface area contributed by atoms with Crippen LogP contribution in [0.4, 0.5) is 5.69 Å². The maximum Gasteiger partial charge on any atom is 0.230 e. The third-order valence-electron chi connectivity index (χ3n) is 4.49. The van der Waals surface area contributed by atoms with Crippen LogP contribution < -0.4 is 5.32 Å². The summed E-state index contributed by atoms with van der Waals surface area (Å²) in [6, 6.07) is 21.1. The monoisotopic (exact) mass is 375 g/mol. The zero-order valence-corrected chi connectivity index (χ0v) is 15.6. The molecule has 1 N–H and O–H groups in total. The number of aryl methyl sites for hydroxylation is 1. The van der Waals surface area contributed by atoms with E-state index in [1.54, 1.807) is 0 Å². The lowest BCUT2D eigenvalue weighted by molar-refractivity contribution is -0.115. The fraction of sp³-hybridized carbons (Fsp3) is 0.0909. The molecule has 4 rings (SSSR count). The molecule has 2 heterocycles. The highest BCUT2D eigenvalue weighted by atomic mass is 35.5. The van der Waals surface area contributed by atoms with Crippen molar-refractivity contribution in [3.63, 3.8) is 0 Å². The minimum absolute atomic E-state index is 0.0785. The van der Waals surface area contributed by atoms with Crippen LogP contribution in [-0.4, -0.2) is 15.3 Å². The second-order valence-corrected chi connectivity index (χ2v) is 6.82. The molecule has 4 aromatic rings. The Kier molecular flexibility index (Phi) is 4.65. The maximum absolute atomic E-state index is 12.7. The number of carbonyl (C=O) groups is 1. The normalized spacial score (nSPS) is 10.9. The standard InChI is InChI=1S/C22H18ClN3O/c1-15-6-2-3-7-18(15)24-21(27)14-19-22(16-9-11-17(23)12-10-16)25-20-8-4-5-13-26(19)20/h2-13H,14H2,1H3,(H,24,27). The molecule has 1 amide bonds. The molecule has 0 unspecified atom stereocenters. The Bertz CT molecular complexity index is 1120. The summed E-state index contributed by atoms with van der Waals surface area (Å²) in [5.41, 5.74) is 5.23. The first-order chi connectivity index (χ1) is 13.1. The van der Waals surface area contributed by atoms with Crippen LogP contribution >= 0.6 is 11.6 Å². The number of aromatic nitrogens is 2. The number of anilines is 1. The number of para-hydroxylation sites is 1. The number of rotatable bonds is 4. The van der Waals surface area contributed by atoms with Crippen LogP contribution in [0.1, 0.15) is 11.3 Å². The van der Waals surface area contributed by atoms with Gasteiger partial charge in [0, 0.05) is 22.5 Å². The minimum Gasteiger partial charge on any atom is -0.326 e. The van der Waals surface area contributed by atoms with Crippen molar-refractivity contribution in [3.05, 3.63) is 89.2 Å². The molecule has 2 aromatic carbocycles. The van der Waals surface area contributed by atoms with Gasteiger partial charge in [-0.2, -0.15) is 0 Å². The highest BCUT2D eigenvalue weighted by Crippen LogP contribution is 2.26. The Hall–Kier alpha value is -3.11. The van der Waals surface area contributed by atoms with Crippen LogP contribution in [0.15, 0.2) is 72.9 Å². The number of hydrogen-bond acceptors (Lipinski definition) is 2. The van der Waals surface area contributed by atoms with Gasteiger partial charge in [-0.3, -0.25) is 4.79 Å². The topological polar surface area (TPSA) is 46.4 Å². The van der Waals surface area contributed by atoms with Gasteiger partial charge in [0.05, 0.1) is 17.8 Å². The molecule has 4 nitrogen and oxygen atoms in total. The molecule has 0 bridgehead atoms. The van der Waals surface area contributed by atoms with Crippen LogP contribution in [0.5, 0.6) is 0 Å². The number of imidazole rings is 1. The van der Waals surface area contributed by atoms with Gasteiger partial charge in [0.2, 0.25) is 5.91 Å². The molecule has 0 aliphatic carbocycles. The Morgan fingerprint density at radius 2 is 1.78 bits per heavy atom. The Morgan fingerprint density at radius 3 is 2.56 bits per heavy atom. The summed E-state index contributed by atoms with van der Waals surface area (Å²) in [5.74, 6) is -0.0785. The third kappa shape index (κ3) is 3.57. The first-order valence-corrected chi connectivity index (χ1v) is 9.07. The van der Waals surface area contributed by atoms with Crippen molar-refractivity contribution in [3.8, 4) is 11.3 Å². The number of nitrogens with one attached hydrogen (secondary N) is 1. The predicted octanol–water partition coefficient (Wildman–Crippen LogP) is 5.14. The Balaban J connectivity index is 1.71. The number of fused-ring (bicyclic) bond motifs is 1. The van der Waals surface area contributed by atoms with Gasteiger partial charge in [0.15, 0.2) is 0 Å². The SMILES string of the molecule is Cc1ccccc1NC(=O)Cc1c(-c2ccc(Cl)cc2)nc2ccccn12. The van der Waals surface area contributed by atoms with Crippen LogP contribution in [0.2, 0.25) is 5.02 Å². The van der Waals surface area contributed by atoms with Crippen LogP contribution in [-0.2, 0) is 11.2 Å². The first kappa shape index (κ1) is 17.3. The Morgan fingerprint density at radius 1 is 1.04 bits per heavy atom. The van der Waals surface area contributed by atoms with Gasteiger partial charge >= 0.3 is 0 Å². The Labute approximate surface area is 162 Å². The second-order valence-electron chi connectivity index (χ2n) is 6.38. The summed E-state index contributed by atoms with van der Waals surface area (Å²) in [7, 11) is 0. The minimum atomic E-state index is -0.0785. The summed E-state index contributed by atoms with van der Waals surface area (Å²) in [5, 5.41) is 3.67. The van der Waals surface area contributed by atoms with Gasteiger partial charge in [-0.1, -0.05) is 48.0 Å². The van der Waals surface area contributed by atoms with Crippen molar-refractivity contribution in [2.45, 2.75) is 13.3 Å². The maximum atomic E-state index is 12.7. The van der Waals surface area contributed by atoms with E-state index in [4.69, 9.17) is 16.6 Å². The van der Waals surface area contributed by atoms with Gasteiger partial charge in [0.1, 0.15) is 5.65 Å². The molecule has 5 heteroatoms. The molecule has 27 heavy (non-hydrogen) atoms. The number of carbonyl (C=O) groups excluding carboxylic acids is 1. The van der Waals surface area contributed by atoms with Crippen LogP contribution in [0.3, 0.4) is 0 Å². The van der Waals surface area contributed by atoms with Crippen molar-refractivity contribution in [1.29, 1.82) is 0 Å². The fourth-order valence-corrected chi connectivity index (χ4v) is 3.24. The zero-order valence-electron chi connectivity index (χ0n) is 14.8. The molecule has 0 radical (unpaired) electrons. The van der Waals surface area contributed by atoms with Crippen molar-refractivity contribution < 1.29 is 4.79 Å². The van der Waals surface area contributed by atoms with Gasteiger partial charge in [0.25, 0.3) is 0 Å². The molecule has 0 aliphatic rings. The highest BCUT2D eigenvalue weighted by molar-refractivity contribution is 6.30. The quantitative estimate of drug-likeness (QED) is 0.536. The first-order valence-electron chi connectivity index (χ1n) is 8.69. The molecule has 0 atom stereocenters. The molecule has 0 spiro atoms. The van der Waals surface area contributed by atoms with Crippen molar-refractivity contribution in [2.75, 3.05) is 5.32 Å². The lowest BCUT2D eigenvalue weighted by Gasteiger charge is -2.09. The predicted molar refractivity (Wildman–Crippen MR) is 109 cm³/mol. The van der Waals surface area contributed by atoms with Crippen LogP contribution in [0, 0.1) is 6.92 Å². The van der Waals surface area contributed by atoms with Gasteiger partial charge in [-0.05, 0) is 42.8 Å². The average molecular weight is 376 g/mol. The highest BCUT2D eigenvalue weighted by Gasteiger charge is 2.17. The third-order valence-corrected chi connectivity index (χ3v) is 4.75. The molecular weight excluding hydrogens is 358 g/mol. The molecule has 0 fully saturated rings. The average Bonchev–Trinajstić information content (AvgIpc) is 3.03. The largest absolute Gasteiger partial charge is 0.326 e.